The van der Waals surface area contributed by atoms with Gasteiger partial charge in [0.1, 0.15) is 0 Å². The van der Waals surface area contributed by atoms with Gasteiger partial charge in [0.15, 0.2) is 11.5 Å². The Balaban J connectivity index is 1.90. The molecule has 1 N–H and O–H groups in total. The van der Waals surface area contributed by atoms with Gasteiger partial charge in [-0.3, -0.25) is 4.79 Å². The summed E-state index contributed by atoms with van der Waals surface area (Å²) in [6.45, 7) is 0.563. The van der Waals surface area contributed by atoms with Crippen molar-refractivity contribution in [3.63, 3.8) is 0 Å². The molecule has 0 aromatic heterocycles. The molecule has 1 amide bonds. The Morgan fingerprint density at radius 3 is 3.00 bits per heavy atom. The number of benzene rings is 1. The standard InChI is InChI=1S/C12H13NO4/c14-9-2-4-12(15)13(6-9)8-1-3-10-11(5-8)17-7-16-10/h1,3,5,9,14H,2,4,6-7H2. The first-order valence-electron chi connectivity index (χ1n) is 5.62. The van der Waals surface area contributed by atoms with Gasteiger partial charge >= 0.3 is 0 Å². The van der Waals surface area contributed by atoms with Crippen molar-refractivity contribution in [3.8, 4) is 11.5 Å². The molecule has 0 radical (unpaired) electrons. The zero-order valence-corrected chi connectivity index (χ0v) is 9.26. The van der Waals surface area contributed by atoms with Crippen molar-refractivity contribution in [1.82, 2.24) is 0 Å². The lowest BCUT2D eigenvalue weighted by Gasteiger charge is -2.30. The van der Waals surface area contributed by atoms with Gasteiger partial charge in [-0.05, 0) is 18.6 Å². The van der Waals surface area contributed by atoms with Crippen molar-refractivity contribution in [2.45, 2.75) is 18.9 Å². The largest absolute Gasteiger partial charge is 0.454 e. The molecule has 0 aliphatic carbocycles. The molecule has 1 aromatic rings. The van der Waals surface area contributed by atoms with E-state index < -0.39 is 6.10 Å². The second kappa shape index (κ2) is 3.92. The maximum Gasteiger partial charge on any atom is 0.231 e. The number of carbonyl (C=O) groups is 1. The number of hydrogen-bond acceptors (Lipinski definition) is 4. The van der Waals surface area contributed by atoms with Crippen molar-refractivity contribution < 1.29 is 19.4 Å². The minimum Gasteiger partial charge on any atom is -0.454 e. The smallest absolute Gasteiger partial charge is 0.231 e. The summed E-state index contributed by atoms with van der Waals surface area (Å²) in [5.74, 6) is 1.38. The van der Waals surface area contributed by atoms with E-state index in [1.807, 2.05) is 6.07 Å². The van der Waals surface area contributed by atoms with Crippen LogP contribution in [0.3, 0.4) is 0 Å². The molecule has 0 bridgehead atoms. The molecule has 0 spiro atoms. The van der Waals surface area contributed by atoms with Crippen LogP contribution in [-0.4, -0.2) is 30.5 Å². The minimum atomic E-state index is -0.446. The van der Waals surface area contributed by atoms with Crippen LogP contribution < -0.4 is 14.4 Å². The van der Waals surface area contributed by atoms with Crippen LogP contribution in [0.1, 0.15) is 12.8 Å². The molecule has 1 saturated heterocycles. The molecule has 2 aliphatic heterocycles. The number of fused-ring (bicyclic) bond motifs is 1. The molecule has 17 heavy (non-hydrogen) atoms. The summed E-state index contributed by atoms with van der Waals surface area (Å²) in [6.07, 6.45) is 0.480. The third-order valence-electron chi connectivity index (χ3n) is 3.05. The fourth-order valence-corrected chi connectivity index (χ4v) is 2.13. The number of piperidine rings is 1. The van der Waals surface area contributed by atoms with Gasteiger partial charge in [0.25, 0.3) is 0 Å². The number of β-amino-alcohol motifs (C(OH)–C–C–N with tert-alkyl or cyclic N) is 1. The summed E-state index contributed by atoms with van der Waals surface area (Å²) in [7, 11) is 0. The number of anilines is 1. The Labute approximate surface area is 98.6 Å². The normalized spacial score (nSPS) is 23.0. The van der Waals surface area contributed by atoms with Gasteiger partial charge in [-0.1, -0.05) is 0 Å². The molecular weight excluding hydrogens is 222 g/mol. The zero-order chi connectivity index (χ0) is 11.8. The van der Waals surface area contributed by atoms with E-state index in [1.165, 1.54) is 0 Å². The number of hydrogen-bond donors (Lipinski definition) is 1. The van der Waals surface area contributed by atoms with Crippen LogP contribution in [0, 0.1) is 0 Å². The fraction of sp³-hybridized carbons (Fsp3) is 0.417. The predicted molar refractivity (Wildman–Crippen MR) is 60.2 cm³/mol. The third kappa shape index (κ3) is 1.82. The van der Waals surface area contributed by atoms with Gasteiger partial charge in [-0.25, -0.2) is 0 Å². The molecule has 1 aromatic carbocycles. The SMILES string of the molecule is O=C1CCC(O)CN1c1ccc2c(c1)OCO2. The highest BCUT2D eigenvalue weighted by molar-refractivity contribution is 5.94. The number of aliphatic hydroxyl groups excluding tert-OH is 1. The van der Waals surface area contributed by atoms with Crippen LogP contribution in [0.4, 0.5) is 5.69 Å². The first-order valence-corrected chi connectivity index (χ1v) is 5.62. The van der Waals surface area contributed by atoms with Crippen molar-refractivity contribution >= 4 is 11.6 Å². The second-order valence-corrected chi connectivity index (χ2v) is 4.23. The number of rotatable bonds is 1. The second-order valence-electron chi connectivity index (χ2n) is 4.23. The topological polar surface area (TPSA) is 59.0 Å². The highest BCUT2D eigenvalue weighted by Crippen LogP contribution is 2.36. The summed E-state index contributed by atoms with van der Waals surface area (Å²) in [6, 6.07) is 5.37. The minimum absolute atomic E-state index is 0.0363. The average molecular weight is 235 g/mol. The van der Waals surface area contributed by atoms with Crippen LogP contribution in [0.5, 0.6) is 11.5 Å². The number of amides is 1. The zero-order valence-electron chi connectivity index (χ0n) is 9.26. The maximum atomic E-state index is 11.8. The van der Waals surface area contributed by atoms with E-state index in [4.69, 9.17) is 9.47 Å². The quantitative estimate of drug-likeness (QED) is 0.785. The van der Waals surface area contributed by atoms with Crippen LogP contribution in [-0.2, 0) is 4.79 Å². The number of nitrogens with zero attached hydrogens (tertiary/aromatic N) is 1. The molecule has 1 fully saturated rings. The lowest BCUT2D eigenvalue weighted by atomic mass is 10.1. The van der Waals surface area contributed by atoms with Gasteiger partial charge in [0.05, 0.1) is 12.6 Å². The summed E-state index contributed by atoms with van der Waals surface area (Å²) in [5.41, 5.74) is 0.748. The molecule has 1 unspecified atom stereocenters. The van der Waals surface area contributed by atoms with Crippen LogP contribution >= 0.6 is 0 Å². The molecule has 0 saturated carbocycles. The Kier molecular flexibility index (Phi) is 2.40. The first-order chi connectivity index (χ1) is 8.24. The number of ether oxygens (including phenoxy) is 2. The summed E-state index contributed by atoms with van der Waals surface area (Å²) in [5, 5.41) is 9.60. The Bertz CT molecular complexity index is 460. The molecule has 3 rings (SSSR count). The van der Waals surface area contributed by atoms with Gasteiger partial charge < -0.3 is 19.5 Å². The van der Waals surface area contributed by atoms with Gasteiger partial charge in [0, 0.05) is 18.2 Å². The van der Waals surface area contributed by atoms with Crippen molar-refractivity contribution in [2.75, 3.05) is 18.2 Å². The highest BCUT2D eigenvalue weighted by atomic mass is 16.7. The first kappa shape index (κ1) is 10.4. The van der Waals surface area contributed by atoms with E-state index >= 15 is 0 Å². The highest BCUT2D eigenvalue weighted by Gasteiger charge is 2.26. The number of carbonyl (C=O) groups excluding carboxylic acids is 1. The molecule has 90 valence electrons. The lowest BCUT2D eigenvalue weighted by molar-refractivity contribution is -0.121. The predicted octanol–water partition coefficient (Wildman–Crippen LogP) is 0.903. The summed E-state index contributed by atoms with van der Waals surface area (Å²) >= 11 is 0. The van der Waals surface area contributed by atoms with E-state index in [9.17, 15) is 9.90 Å². The van der Waals surface area contributed by atoms with E-state index in [2.05, 4.69) is 0 Å². The summed E-state index contributed by atoms with van der Waals surface area (Å²) in [4.78, 5) is 13.4. The Morgan fingerprint density at radius 2 is 2.12 bits per heavy atom. The molecule has 5 heteroatoms. The maximum absolute atomic E-state index is 11.8. The molecule has 2 heterocycles. The average Bonchev–Trinajstić information content (AvgIpc) is 2.79. The molecular formula is C12H13NO4. The van der Waals surface area contributed by atoms with Crippen molar-refractivity contribution in [3.05, 3.63) is 18.2 Å². The van der Waals surface area contributed by atoms with E-state index in [0.29, 0.717) is 30.9 Å². The monoisotopic (exact) mass is 235 g/mol. The lowest BCUT2D eigenvalue weighted by Crippen LogP contribution is -2.42. The van der Waals surface area contributed by atoms with Gasteiger partial charge in [0.2, 0.25) is 12.7 Å². The van der Waals surface area contributed by atoms with Crippen molar-refractivity contribution in [1.29, 1.82) is 0 Å². The Morgan fingerprint density at radius 1 is 1.29 bits per heavy atom. The van der Waals surface area contributed by atoms with Gasteiger partial charge in [-0.2, -0.15) is 0 Å². The molecule has 2 aliphatic rings. The molecule has 1 atom stereocenters. The van der Waals surface area contributed by atoms with Gasteiger partial charge in [-0.15, -0.1) is 0 Å². The van der Waals surface area contributed by atoms with Crippen LogP contribution in [0.2, 0.25) is 0 Å². The third-order valence-corrected chi connectivity index (χ3v) is 3.05. The summed E-state index contributed by atoms with van der Waals surface area (Å²) < 4.78 is 10.5. The van der Waals surface area contributed by atoms with E-state index in [-0.39, 0.29) is 12.7 Å². The fourth-order valence-electron chi connectivity index (χ4n) is 2.13. The Hall–Kier alpha value is -1.75. The van der Waals surface area contributed by atoms with Crippen LogP contribution in [0.15, 0.2) is 18.2 Å². The van der Waals surface area contributed by atoms with Crippen LogP contribution in [0.25, 0.3) is 0 Å². The van der Waals surface area contributed by atoms with E-state index in [0.717, 1.165) is 5.69 Å². The van der Waals surface area contributed by atoms with Crippen molar-refractivity contribution in [2.24, 2.45) is 0 Å². The molecule has 5 nitrogen and oxygen atoms in total. The number of aliphatic hydroxyl groups is 1. The van der Waals surface area contributed by atoms with E-state index in [1.54, 1.807) is 17.0 Å².